The van der Waals surface area contributed by atoms with Gasteiger partial charge in [-0.1, -0.05) is 44.2 Å². The van der Waals surface area contributed by atoms with Crippen LogP contribution in [-0.2, 0) is 16.1 Å². The van der Waals surface area contributed by atoms with E-state index < -0.39 is 0 Å². The van der Waals surface area contributed by atoms with E-state index in [1.54, 1.807) is 0 Å². The van der Waals surface area contributed by atoms with Gasteiger partial charge in [0.2, 0.25) is 11.8 Å². The number of rotatable bonds is 6. The Morgan fingerprint density at radius 1 is 1.15 bits per heavy atom. The van der Waals surface area contributed by atoms with Crippen LogP contribution in [0.15, 0.2) is 30.3 Å². The average molecular weight is 372 g/mol. The number of nitrogens with zero attached hydrogens (tertiary/aromatic N) is 2. The summed E-state index contributed by atoms with van der Waals surface area (Å²) in [6.45, 7) is 10.4. The van der Waals surface area contributed by atoms with Crippen LogP contribution in [0, 0.1) is 11.3 Å². The normalized spacial score (nSPS) is 21.0. The van der Waals surface area contributed by atoms with E-state index in [9.17, 15) is 9.59 Å². The fourth-order valence-electron chi connectivity index (χ4n) is 4.41. The molecule has 2 saturated heterocycles. The monoisotopic (exact) mass is 371 g/mol. The third-order valence-electron chi connectivity index (χ3n) is 6.09. The van der Waals surface area contributed by atoms with Crippen molar-refractivity contribution >= 4 is 11.8 Å². The van der Waals surface area contributed by atoms with Crippen molar-refractivity contribution in [1.29, 1.82) is 0 Å². The molecule has 27 heavy (non-hydrogen) atoms. The van der Waals surface area contributed by atoms with Crippen molar-refractivity contribution in [3.05, 3.63) is 35.9 Å². The molecule has 2 aliphatic rings. The fraction of sp³-hybridized carbons (Fsp3) is 0.636. The molecule has 1 spiro atoms. The van der Waals surface area contributed by atoms with Crippen LogP contribution in [0.25, 0.3) is 0 Å². The van der Waals surface area contributed by atoms with Crippen LogP contribution in [0.4, 0.5) is 0 Å². The van der Waals surface area contributed by atoms with Crippen LogP contribution in [-0.4, -0.2) is 53.8 Å². The molecule has 3 rings (SSSR count). The highest BCUT2D eigenvalue weighted by Crippen LogP contribution is 2.41. The second-order valence-corrected chi connectivity index (χ2v) is 8.76. The van der Waals surface area contributed by atoms with Gasteiger partial charge in [0.05, 0.1) is 6.04 Å². The zero-order valence-corrected chi connectivity index (χ0v) is 16.9. The molecular weight excluding hydrogens is 338 g/mol. The lowest BCUT2D eigenvalue weighted by Gasteiger charge is -2.41. The van der Waals surface area contributed by atoms with Gasteiger partial charge in [0.15, 0.2) is 0 Å². The summed E-state index contributed by atoms with van der Waals surface area (Å²) >= 11 is 0. The second-order valence-electron chi connectivity index (χ2n) is 8.76. The molecule has 5 heteroatoms. The van der Waals surface area contributed by atoms with Crippen LogP contribution in [0.5, 0.6) is 0 Å². The van der Waals surface area contributed by atoms with Crippen molar-refractivity contribution in [2.45, 2.75) is 52.6 Å². The number of likely N-dealkylation sites (tertiary alicyclic amines) is 2. The van der Waals surface area contributed by atoms with Gasteiger partial charge >= 0.3 is 0 Å². The molecule has 2 amide bonds. The Bertz CT molecular complexity index is 651. The smallest absolute Gasteiger partial charge is 0.237 e. The molecule has 1 unspecified atom stereocenters. The predicted molar refractivity (Wildman–Crippen MR) is 107 cm³/mol. The maximum Gasteiger partial charge on any atom is 0.237 e. The van der Waals surface area contributed by atoms with E-state index in [4.69, 9.17) is 0 Å². The molecule has 0 radical (unpaired) electrons. The summed E-state index contributed by atoms with van der Waals surface area (Å²) in [6.07, 6.45) is 2.69. The fourth-order valence-corrected chi connectivity index (χ4v) is 4.41. The highest BCUT2D eigenvalue weighted by Gasteiger charge is 2.45. The number of hydrogen-bond acceptors (Lipinski definition) is 3. The third-order valence-corrected chi connectivity index (χ3v) is 6.09. The summed E-state index contributed by atoms with van der Waals surface area (Å²) in [5.74, 6) is 0.905. The summed E-state index contributed by atoms with van der Waals surface area (Å²) in [5.41, 5.74) is 1.24. The highest BCUT2D eigenvalue weighted by atomic mass is 16.2. The van der Waals surface area contributed by atoms with E-state index in [0.29, 0.717) is 24.8 Å². The van der Waals surface area contributed by atoms with Gasteiger partial charge in [-0.2, -0.15) is 0 Å². The lowest BCUT2D eigenvalue weighted by molar-refractivity contribution is -0.129. The first kappa shape index (κ1) is 19.9. The number of hydrogen-bond donors (Lipinski definition) is 1. The zero-order valence-electron chi connectivity index (χ0n) is 16.9. The molecule has 2 heterocycles. The number of piperidine rings is 1. The molecule has 1 atom stereocenters. The molecule has 0 saturated carbocycles. The van der Waals surface area contributed by atoms with Crippen LogP contribution in [0.1, 0.15) is 45.6 Å². The highest BCUT2D eigenvalue weighted by molar-refractivity contribution is 5.81. The topological polar surface area (TPSA) is 52.6 Å². The molecule has 5 nitrogen and oxygen atoms in total. The van der Waals surface area contributed by atoms with E-state index in [2.05, 4.69) is 29.0 Å². The molecule has 148 valence electrons. The van der Waals surface area contributed by atoms with Crippen LogP contribution in [0.3, 0.4) is 0 Å². The van der Waals surface area contributed by atoms with Crippen molar-refractivity contribution in [1.82, 2.24) is 15.1 Å². The number of carbonyl (C=O) groups excluding carboxylic acids is 2. The molecule has 1 aromatic rings. The quantitative estimate of drug-likeness (QED) is 0.836. The zero-order chi connectivity index (χ0) is 19.4. The minimum atomic E-state index is -0.130. The summed E-state index contributed by atoms with van der Waals surface area (Å²) < 4.78 is 0. The maximum absolute atomic E-state index is 12.5. The molecular formula is C22H33N3O2. The first-order valence-electron chi connectivity index (χ1n) is 10.2. The molecule has 1 aromatic carbocycles. The van der Waals surface area contributed by atoms with Gasteiger partial charge in [0.25, 0.3) is 0 Å². The predicted octanol–water partition coefficient (Wildman–Crippen LogP) is 2.66. The number of amides is 2. The van der Waals surface area contributed by atoms with E-state index in [1.807, 2.05) is 37.3 Å². The van der Waals surface area contributed by atoms with Crippen LogP contribution >= 0.6 is 0 Å². The first-order valence-corrected chi connectivity index (χ1v) is 10.2. The Hall–Kier alpha value is -1.88. The van der Waals surface area contributed by atoms with Gasteiger partial charge in [-0.15, -0.1) is 0 Å². The van der Waals surface area contributed by atoms with E-state index >= 15 is 0 Å². The lowest BCUT2D eigenvalue weighted by Crippen LogP contribution is -2.50. The SMILES string of the molecule is CC(C)CN1CC2(CCN(C(C)C(=O)NCc3ccccc3)CC2)CC1=O. The maximum atomic E-state index is 12.5. The summed E-state index contributed by atoms with van der Waals surface area (Å²) in [4.78, 5) is 29.2. The van der Waals surface area contributed by atoms with Gasteiger partial charge in [-0.05, 0) is 49.8 Å². The average Bonchev–Trinajstić information content (AvgIpc) is 2.94. The van der Waals surface area contributed by atoms with Crippen molar-refractivity contribution in [2.24, 2.45) is 11.3 Å². The summed E-state index contributed by atoms with van der Waals surface area (Å²) in [5, 5.41) is 3.05. The number of nitrogens with one attached hydrogen (secondary N) is 1. The first-order chi connectivity index (χ1) is 12.9. The summed E-state index contributed by atoms with van der Waals surface area (Å²) in [6, 6.07) is 9.87. The molecule has 0 bridgehead atoms. The van der Waals surface area contributed by atoms with Crippen LogP contribution < -0.4 is 5.32 Å². The van der Waals surface area contributed by atoms with Crippen molar-refractivity contribution < 1.29 is 9.59 Å². The Balaban J connectivity index is 1.48. The van der Waals surface area contributed by atoms with E-state index in [1.165, 1.54) is 0 Å². The Morgan fingerprint density at radius 2 is 1.81 bits per heavy atom. The standard InChI is InChI=1S/C22H33N3O2/c1-17(2)15-25-16-22(13-20(25)26)9-11-24(12-10-22)18(3)21(27)23-14-19-7-5-4-6-8-19/h4-8,17-18H,9-16H2,1-3H3,(H,23,27). The van der Waals surface area contributed by atoms with Crippen molar-refractivity contribution in [3.8, 4) is 0 Å². The van der Waals surface area contributed by atoms with Gasteiger partial charge < -0.3 is 10.2 Å². The van der Waals surface area contributed by atoms with Gasteiger partial charge in [0, 0.05) is 26.1 Å². The minimum absolute atomic E-state index is 0.0822. The number of benzene rings is 1. The Kier molecular flexibility index (Phi) is 6.20. The van der Waals surface area contributed by atoms with E-state index in [-0.39, 0.29) is 17.4 Å². The number of carbonyl (C=O) groups is 2. The summed E-state index contributed by atoms with van der Waals surface area (Å²) in [7, 11) is 0. The van der Waals surface area contributed by atoms with E-state index in [0.717, 1.165) is 44.6 Å². The minimum Gasteiger partial charge on any atom is -0.351 e. The lowest BCUT2D eigenvalue weighted by atomic mass is 9.77. The van der Waals surface area contributed by atoms with Gasteiger partial charge in [-0.3, -0.25) is 14.5 Å². The molecule has 1 N–H and O–H groups in total. The largest absolute Gasteiger partial charge is 0.351 e. The van der Waals surface area contributed by atoms with Gasteiger partial charge in [0.1, 0.15) is 0 Å². The molecule has 0 aliphatic carbocycles. The Labute approximate surface area is 163 Å². The van der Waals surface area contributed by atoms with Crippen molar-refractivity contribution in [2.75, 3.05) is 26.2 Å². The molecule has 2 fully saturated rings. The third kappa shape index (κ3) is 4.89. The van der Waals surface area contributed by atoms with Gasteiger partial charge in [-0.25, -0.2) is 0 Å². The molecule has 2 aliphatic heterocycles. The Morgan fingerprint density at radius 3 is 2.44 bits per heavy atom. The van der Waals surface area contributed by atoms with Crippen molar-refractivity contribution in [3.63, 3.8) is 0 Å². The second kappa shape index (κ2) is 8.42. The van der Waals surface area contributed by atoms with Crippen LogP contribution in [0.2, 0.25) is 0 Å². The molecule has 0 aromatic heterocycles.